The third-order valence-corrected chi connectivity index (χ3v) is 5.08. The average Bonchev–Trinajstić information content (AvgIpc) is 3.02. The van der Waals surface area contributed by atoms with Crippen molar-refractivity contribution in [3.05, 3.63) is 65.7 Å². The summed E-state index contributed by atoms with van der Waals surface area (Å²) in [6, 6.07) is 17.9. The Balaban J connectivity index is 1.55. The monoisotopic (exact) mass is 361 g/mol. The van der Waals surface area contributed by atoms with Crippen molar-refractivity contribution >= 4 is 22.6 Å². The van der Waals surface area contributed by atoms with E-state index in [0.29, 0.717) is 6.54 Å². The summed E-state index contributed by atoms with van der Waals surface area (Å²) in [5.74, 6) is 1.61. The predicted molar refractivity (Wildman–Crippen MR) is 107 cm³/mol. The van der Waals surface area contributed by atoms with Crippen LogP contribution in [0.25, 0.3) is 10.9 Å². The van der Waals surface area contributed by atoms with Crippen LogP contribution >= 0.6 is 0 Å². The number of anilines is 1. The van der Waals surface area contributed by atoms with Gasteiger partial charge < -0.3 is 15.0 Å². The van der Waals surface area contributed by atoms with Gasteiger partial charge in [0.2, 0.25) is 0 Å². The Bertz CT molecular complexity index is 1000. The van der Waals surface area contributed by atoms with Gasteiger partial charge in [-0.3, -0.25) is 4.79 Å². The van der Waals surface area contributed by atoms with Gasteiger partial charge in [-0.25, -0.2) is 4.98 Å². The highest BCUT2D eigenvalue weighted by atomic mass is 16.5. The molecular weight excluding hydrogens is 338 g/mol. The first-order valence-electron chi connectivity index (χ1n) is 9.14. The number of carbonyl (C=O) groups excluding carboxylic acids is 1. The Kier molecular flexibility index (Phi) is 4.44. The quantitative estimate of drug-likeness (QED) is 0.773. The van der Waals surface area contributed by atoms with E-state index in [4.69, 9.17) is 4.74 Å². The maximum Gasteiger partial charge on any atom is 0.261 e. The molecule has 0 fully saturated rings. The standard InChI is InChI=1S/C22H23N3O2/c1-14-16-8-5-7-11-19(16)27-21(14)22(26)23-13-15-12-20(25(2)3)24-18-10-6-4-9-17(15)18/h4-12,14,21H,13H2,1-3H3,(H,23,26)/t14-,21+/m0/s1. The van der Waals surface area contributed by atoms with Crippen LogP contribution in [0.15, 0.2) is 54.6 Å². The van der Waals surface area contributed by atoms with Gasteiger partial charge in [0.15, 0.2) is 6.10 Å². The molecule has 4 rings (SSSR count). The van der Waals surface area contributed by atoms with Crippen molar-refractivity contribution in [3.8, 4) is 5.75 Å². The van der Waals surface area contributed by atoms with Crippen molar-refractivity contribution < 1.29 is 9.53 Å². The van der Waals surface area contributed by atoms with Gasteiger partial charge in [0.25, 0.3) is 5.91 Å². The molecule has 1 aromatic heterocycles. The lowest BCUT2D eigenvalue weighted by atomic mass is 9.97. The van der Waals surface area contributed by atoms with Crippen molar-refractivity contribution in [1.29, 1.82) is 0 Å². The summed E-state index contributed by atoms with van der Waals surface area (Å²) in [5, 5.41) is 4.10. The first-order chi connectivity index (χ1) is 13.0. The number of nitrogens with zero attached hydrogens (tertiary/aromatic N) is 2. The minimum atomic E-state index is -0.496. The molecule has 0 spiro atoms. The highest BCUT2D eigenvalue weighted by molar-refractivity contribution is 5.86. The number of para-hydroxylation sites is 2. The van der Waals surface area contributed by atoms with Crippen LogP contribution in [0.3, 0.4) is 0 Å². The number of hydrogen-bond donors (Lipinski definition) is 1. The van der Waals surface area contributed by atoms with Crippen LogP contribution < -0.4 is 15.0 Å². The number of pyridine rings is 1. The summed E-state index contributed by atoms with van der Waals surface area (Å²) < 4.78 is 5.89. The lowest BCUT2D eigenvalue weighted by molar-refractivity contribution is -0.128. The van der Waals surface area contributed by atoms with E-state index in [9.17, 15) is 4.79 Å². The molecule has 2 atom stereocenters. The second kappa shape index (κ2) is 6.91. The topological polar surface area (TPSA) is 54.5 Å². The molecule has 0 saturated heterocycles. The lowest BCUT2D eigenvalue weighted by Gasteiger charge is -2.18. The third kappa shape index (κ3) is 3.21. The van der Waals surface area contributed by atoms with E-state index >= 15 is 0 Å². The fourth-order valence-corrected chi connectivity index (χ4v) is 3.54. The molecule has 2 heterocycles. The molecule has 5 nitrogen and oxygen atoms in total. The lowest BCUT2D eigenvalue weighted by Crippen LogP contribution is -2.38. The number of aromatic nitrogens is 1. The van der Waals surface area contributed by atoms with Crippen molar-refractivity contribution in [2.45, 2.75) is 25.5 Å². The number of nitrogens with one attached hydrogen (secondary N) is 1. The van der Waals surface area contributed by atoms with Gasteiger partial charge in [-0.15, -0.1) is 0 Å². The van der Waals surface area contributed by atoms with Crippen LogP contribution in [0, 0.1) is 0 Å². The zero-order valence-corrected chi connectivity index (χ0v) is 15.8. The summed E-state index contributed by atoms with van der Waals surface area (Å²) in [5.41, 5.74) is 3.05. The van der Waals surface area contributed by atoms with E-state index in [-0.39, 0.29) is 11.8 Å². The van der Waals surface area contributed by atoms with Gasteiger partial charge in [-0.2, -0.15) is 0 Å². The van der Waals surface area contributed by atoms with E-state index < -0.39 is 6.10 Å². The zero-order chi connectivity index (χ0) is 19.0. The molecule has 2 aromatic carbocycles. The highest BCUT2D eigenvalue weighted by Crippen LogP contribution is 2.37. The first kappa shape index (κ1) is 17.3. The molecule has 1 amide bonds. The van der Waals surface area contributed by atoms with Gasteiger partial charge in [0.1, 0.15) is 11.6 Å². The number of ether oxygens (including phenoxy) is 1. The second-order valence-electron chi connectivity index (χ2n) is 7.13. The SMILES string of the molecule is C[C@H]1c2ccccc2O[C@H]1C(=O)NCc1cc(N(C)C)nc2ccccc12. The molecule has 0 saturated carbocycles. The van der Waals surface area contributed by atoms with Crippen LogP contribution in [-0.4, -0.2) is 31.1 Å². The molecule has 1 aliphatic rings. The summed E-state index contributed by atoms with van der Waals surface area (Å²) in [4.78, 5) is 19.4. The average molecular weight is 361 g/mol. The second-order valence-corrected chi connectivity index (χ2v) is 7.13. The molecule has 0 aliphatic carbocycles. The largest absolute Gasteiger partial charge is 0.480 e. The summed E-state index contributed by atoms with van der Waals surface area (Å²) >= 11 is 0. The van der Waals surface area contributed by atoms with Gasteiger partial charge in [0, 0.05) is 37.5 Å². The molecule has 1 N–H and O–H groups in total. The molecule has 0 radical (unpaired) electrons. The van der Waals surface area contributed by atoms with E-state index in [1.807, 2.05) is 80.5 Å². The van der Waals surface area contributed by atoms with Crippen LogP contribution in [0.2, 0.25) is 0 Å². The molecule has 0 bridgehead atoms. The van der Waals surface area contributed by atoms with Crippen LogP contribution in [0.4, 0.5) is 5.82 Å². The minimum absolute atomic E-state index is 0.0349. The maximum absolute atomic E-state index is 12.8. The molecular formula is C22H23N3O2. The van der Waals surface area contributed by atoms with Crippen molar-refractivity contribution in [3.63, 3.8) is 0 Å². The number of hydrogen-bond acceptors (Lipinski definition) is 4. The van der Waals surface area contributed by atoms with Crippen molar-refractivity contribution in [2.75, 3.05) is 19.0 Å². The number of amides is 1. The van der Waals surface area contributed by atoms with E-state index in [1.165, 1.54) is 0 Å². The number of rotatable bonds is 4. The summed E-state index contributed by atoms with van der Waals surface area (Å²) in [6.07, 6.45) is -0.496. The van der Waals surface area contributed by atoms with Gasteiger partial charge >= 0.3 is 0 Å². The number of fused-ring (bicyclic) bond motifs is 2. The van der Waals surface area contributed by atoms with Gasteiger partial charge in [-0.1, -0.05) is 43.3 Å². The molecule has 1 aliphatic heterocycles. The van der Waals surface area contributed by atoms with Crippen LogP contribution in [0.5, 0.6) is 5.75 Å². The number of carbonyl (C=O) groups is 1. The Morgan fingerprint density at radius 2 is 1.89 bits per heavy atom. The fraction of sp³-hybridized carbons (Fsp3) is 0.273. The Labute approximate surface area is 159 Å². The smallest absolute Gasteiger partial charge is 0.261 e. The maximum atomic E-state index is 12.8. The van der Waals surface area contributed by atoms with Crippen LogP contribution in [-0.2, 0) is 11.3 Å². The fourth-order valence-electron chi connectivity index (χ4n) is 3.54. The zero-order valence-electron chi connectivity index (χ0n) is 15.8. The summed E-state index contributed by atoms with van der Waals surface area (Å²) in [6.45, 7) is 2.47. The van der Waals surface area contributed by atoms with Crippen LogP contribution in [0.1, 0.15) is 24.0 Å². The Morgan fingerprint density at radius 1 is 1.15 bits per heavy atom. The summed E-state index contributed by atoms with van der Waals surface area (Å²) in [7, 11) is 3.93. The van der Waals surface area contributed by atoms with Crippen molar-refractivity contribution in [2.24, 2.45) is 0 Å². The van der Waals surface area contributed by atoms with E-state index in [0.717, 1.165) is 33.6 Å². The molecule has 138 valence electrons. The van der Waals surface area contributed by atoms with E-state index in [1.54, 1.807) is 0 Å². The highest BCUT2D eigenvalue weighted by Gasteiger charge is 2.35. The first-order valence-corrected chi connectivity index (χ1v) is 9.14. The Morgan fingerprint density at radius 3 is 2.67 bits per heavy atom. The molecule has 5 heteroatoms. The normalized spacial score (nSPS) is 18.0. The minimum Gasteiger partial charge on any atom is -0.480 e. The van der Waals surface area contributed by atoms with E-state index in [2.05, 4.69) is 10.3 Å². The number of benzene rings is 2. The Hall–Kier alpha value is -3.08. The van der Waals surface area contributed by atoms with Gasteiger partial charge in [-0.05, 0) is 23.8 Å². The van der Waals surface area contributed by atoms with Gasteiger partial charge in [0.05, 0.1) is 5.52 Å². The molecule has 0 unspecified atom stereocenters. The third-order valence-electron chi connectivity index (χ3n) is 5.08. The van der Waals surface area contributed by atoms with Crippen molar-refractivity contribution in [1.82, 2.24) is 10.3 Å². The molecule has 27 heavy (non-hydrogen) atoms. The predicted octanol–water partition coefficient (Wildman–Crippen LogP) is 3.48. The molecule has 3 aromatic rings.